The molecule has 144 valence electrons. The first-order chi connectivity index (χ1) is 12.5. The molecule has 0 atom stereocenters. The van der Waals surface area contributed by atoms with Gasteiger partial charge >= 0.3 is 15.5 Å². The van der Waals surface area contributed by atoms with Gasteiger partial charge in [0.05, 0.1) is 11.4 Å². The fourth-order valence-electron chi connectivity index (χ4n) is 2.36. The van der Waals surface area contributed by atoms with Crippen LogP contribution in [0.2, 0.25) is 0 Å². The molecule has 0 saturated heterocycles. The molecule has 0 amide bonds. The van der Waals surface area contributed by atoms with Crippen LogP contribution in [0.3, 0.4) is 0 Å². The highest BCUT2D eigenvalue weighted by molar-refractivity contribution is 7.93. The standard InChI is InChI=1S/C18H18F3N3O2S/c1-12(22)11-13(2)23-16-9-5-3-7-14(16)15-8-4-6-10-17(15)24-27(25,26)18(19,20)21/h3-11,24H,22H2,1-2H3. The molecule has 0 bridgehead atoms. The Labute approximate surface area is 155 Å². The summed E-state index contributed by atoms with van der Waals surface area (Å²) in [6, 6.07) is 12.5. The van der Waals surface area contributed by atoms with E-state index < -0.39 is 15.5 Å². The fraction of sp³-hybridized carbons (Fsp3) is 0.167. The van der Waals surface area contributed by atoms with Crippen LogP contribution in [0.25, 0.3) is 11.1 Å². The zero-order valence-electron chi connectivity index (χ0n) is 14.6. The van der Waals surface area contributed by atoms with Crippen molar-refractivity contribution in [3.63, 3.8) is 0 Å². The SMILES string of the molecule is CC(N)=CC(C)=Nc1ccccc1-c1ccccc1NS(=O)(=O)C(F)(F)F. The van der Waals surface area contributed by atoms with Crippen molar-refractivity contribution in [1.82, 2.24) is 0 Å². The topological polar surface area (TPSA) is 84.5 Å². The summed E-state index contributed by atoms with van der Waals surface area (Å²) >= 11 is 0. The molecule has 5 nitrogen and oxygen atoms in total. The van der Waals surface area contributed by atoms with E-state index >= 15 is 0 Å². The Kier molecular flexibility index (Phi) is 5.94. The number of hydrogen-bond donors (Lipinski definition) is 2. The normalized spacial score (nSPS) is 13.5. The number of rotatable bonds is 5. The molecule has 2 rings (SSSR count). The summed E-state index contributed by atoms with van der Waals surface area (Å²) in [5, 5.41) is 0. The number of halogens is 3. The Hall–Kier alpha value is -2.81. The molecule has 2 aromatic rings. The molecule has 0 fully saturated rings. The molecule has 0 aliphatic rings. The summed E-state index contributed by atoms with van der Waals surface area (Å²) in [7, 11) is -5.54. The number of sulfonamides is 1. The predicted molar refractivity (Wildman–Crippen MR) is 101 cm³/mol. The molecule has 3 N–H and O–H groups in total. The largest absolute Gasteiger partial charge is 0.516 e. The molecular weight excluding hydrogens is 379 g/mol. The van der Waals surface area contributed by atoms with Crippen LogP contribution in [0.5, 0.6) is 0 Å². The molecule has 2 aromatic carbocycles. The molecule has 27 heavy (non-hydrogen) atoms. The third-order valence-corrected chi connectivity index (χ3v) is 4.50. The van der Waals surface area contributed by atoms with Crippen LogP contribution in [0.4, 0.5) is 24.5 Å². The maximum Gasteiger partial charge on any atom is 0.516 e. The smallest absolute Gasteiger partial charge is 0.402 e. The van der Waals surface area contributed by atoms with Crippen LogP contribution < -0.4 is 10.5 Å². The number of para-hydroxylation sites is 2. The lowest BCUT2D eigenvalue weighted by molar-refractivity contribution is -0.0429. The minimum atomic E-state index is -5.54. The van der Waals surface area contributed by atoms with E-state index in [1.165, 1.54) is 18.2 Å². The highest BCUT2D eigenvalue weighted by atomic mass is 32.2. The lowest BCUT2D eigenvalue weighted by Gasteiger charge is -2.15. The van der Waals surface area contributed by atoms with Crippen LogP contribution in [0, 0.1) is 0 Å². The summed E-state index contributed by atoms with van der Waals surface area (Å²) < 4.78 is 62.8. The van der Waals surface area contributed by atoms with Gasteiger partial charge in [0.25, 0.3) is 0 Å². The number of aliphatic imine (C=N–C) groups is 1. The first-order valence-corrected chi connectivity index (χ1v) is 9.26. The lowest BCUT2D eigenvalue weighted by Crippen LogP contribution is -2.30. The average Bonchev–Trinajstić information content (AvgIpc) is 2.54. The second-order valence-electron chi connectivity index (χ2n) is 5.76. The molecule has 0 aliphatic heterocycles. The average molecular weight is 397 g/mol. The van der Waals surface area contributed by atoms with Gasteiger partial charge in [-0.05, 0) is 32.1 Å². The summed E-state index contributed by atoms with van der Waals surface area (Å²) in [5.41, 5.74) is 2.36. The van der Waals surface area contributed by atoms with Gasteiger partial charge < -0.3 is 5.73 Å². The monoisotopic (exact) mass is 397 g/mol. The number of alkyl halides is 3. The van der Waals surface area contributed by atoms with E-state index in [0.29, 0.717) is 22.7 Å². The van der Waals surface area contributed by atoms with Crippen LogP contribution in [-0.2, 0) is 10.0 Å². The lowest BCUT2D eigenvalue weighted by atomic mass is 10.0. The van der Waals surface area contributed by atoms with Crippen molar-refractivity contribution < 1.29 is 21.6 Å². The van der Waals surface area contributed by atoms with Gasteiger partial charge in [0.1, 0.15) is 0 Å². The molecule has 0 heterocycles. The van der Waals surface area contributed by atoms with Crippen molar-refractivity contribution >= 4 is 27.1 Å². The predicted octanol–water partition coefficient (Wildman–Crippen LogP) is 4.57. The zero-order valence-corrected chi connectivity index (χ0v) is 15.4. The van der Waals surface area contributed by atoms with Gasteiger partial charge in [-0.15, -0.1) is 0 Å². The molecule has 0 spiro atoms. The van der Waals surface area contributed by atoms with Crippen LogP contribution in [-0.4, -0.2) is 19.6 Å². The third kappa shape index (κ3) is 5.10. The molecule has 0 aromatic heterocycles. The van der Waals surface area contributed by atoms with Gasteiger partial charge in [-0.3, -0.25) is 9.71 Å². The number of hydrogen-bond acceptors (Lipinski definition) is 4. The maximum atomic E-state index is 12.7. The van der Waals surface area contributed by atoms with Crippen LogP contribution in [0.15, 0.2) is 65.3 Å². The van der Waals surface area contributed by atoms with E-state index in [2.05, 4.69) is 4.99 Å². The Morgan fingerprint density at radius 3 is 2.19 bits per heavy atom. The van der Waals surface area contributed by atoms with Crippen LogP contribution >= 0.6 is 0 Å². The van der Waals surface area contributed by atoms with Gasteiger partial charge in [-0.25, -0.2) is 0 Å². The first-order valence-electron chi connectivity index (χ1n) is 7.78. The molecule has 0 radical (unpaired) electrons. The Morgan fingerprint density at radius 1 is 1.04 bits per heavy atom. The van der Waals surface area contributed by atoms with Gasteiger partial charge in [-0.1, -0.05) is 36.4 Å². The van der Waals surface area contributed by atoms with Crippen molar-refractivity contribution in [1.29, 1.82) is 0 Å². The van der Waals surface area contributed by atoms with Gasteiger partial charge in [0.15, 0.2) is 0 Å². The number of nitrogens with zero attached hydrogens (tertiary/aromatic N) is 1. The minimum absolute atomic E-state index is 0.194. The first kappa shape index (κ1) is 20.5. The minimum Gasteiger partial charge on any atom is -0.402 e. The summed E-state index contributed by atoms with van der Waals surface area (Å²) in [6.07, 6.45) is 1.65. The highest BCUT2D eigenvalue weighted by Gasteiger charge is 2.46. The van der Waals surface area contributed by atoms with E-state index in [1.54, 1.807) is 55.0 Å². The molecular formula is C18H18F3N3O2S. The molecule has 9 heteroatoms. The molecule has 0 saturated carbocycles. The van der Waals surface area contributed by atoms with Crippen molar-refractivity contribution in [3.05, 3.63) is 60.3 Å². The Balaban J connectivity index is 2.58. The highest BCUT2D eigenvalue weighted by Crippen LogP contribution is 2.37. The second kappa shape index (κ2) is 7.83. The number of nitrogens with one attached hydrogen (secondary N) is 1. The van der Waals surface area contributed by atoms with Crippen molar-refractivity contribution in [2.45, 2.75) is 19.4 Å². The fourth-order valence-corrected chi connectivity index (χ4v) is 2.94. The van der Waals surface area contributed by atoms with Crippen molar-refractivity contribution in [2.75, 3.05) is 4.72 Å². The number of nitrogens with two attached hydrogens (primary N) is 1. The van der Waals surface area contributed by atoms with Gasteiger partial charge in [-0.2, -0.15) is 21.6 Å². The van der Waals surface area contributed by atoms with Crippen LogP contribution in [0.1, 0.15) is 13.8 Å². The summed E-state index contributed by atoms with van der Waals surface area (Å²) in [6.45, 7) is 3.43. The van der Waals surface area contributed by atoms with E-state index in [9.17, 15) is 21.6 Å². The quantitative estimate of drug-likeness (QED) is 0.725. The zero-order chi connectivity index (χ0) is 20.2. The van der Waals surface area contributed by atoms with Gasteiger partial charge in [0, 0.05) is 22.5 Å². The third-order valence-electron chi connectivity index (χ3n) is 3.40. The summed E-state index contributed by atoms with van der Waals surface area (Å²) in [4.78, 5) is 4.42. The van der Waals surface area contributed by atoms with E-state index in [4.69, 9.17) is 5.73 Å². The van der Waals surface area contributed by atoms with E-state index in [0.717, 1.165) is 0 Å². The van der Waals surface area contributed by atoms with Crippen molar-refractivity contribution in [2.24, 2.45) is 10.7 Å². The molecule has 0 unspecified atom stereocenters. The number of allylic oxidation sites excluding steroid dienone is 2. The van der Waals surface area contributed by atoms with Crippen molar-refractivity contribution in [3.8, 4) is 11.1 Å². The molecule has 0 aliphatic carbocycles. The maximum absolute atomic E-state index is 12.7. The number of benzene rings is 2. The Morgan fingerprint density at radius 2 is 1.59 bits per heavy atom. The van der Waals surface area contributed by atoms with Gasteiger partial charge in [0.2, 0.25) is 0 Å². The summed E-state index contributed by atoms with van der Waals surface area (Å²) in [5.74, 6) is 0. The van der Waals surface area contributed by atoms with E-state index in [1.807, 2.05) is 0 Å². The van der Waals surface area contributed by atoms with E-state index in [-0.39, 0.29) is 11.3 Å². The second-order valence-corrected chi connectivity index (χ2v) is 7.43. The number of anilines is 1. The Bertz CT molecular complexity index is 993.